The lowest BCUT2D eigenvalue weighted by molar-refractivity contribution is 0.405. The second-order valence-corrected chi connectivity index (χ2v) is 5.97. The Kier molecular flexibility index (Phi) is 6.70. The molecule has 4 nitrogen and oxygen atoms in total. The van der Waals surface area contributed by atoms with E-state index in [9.17, 15) is 0 Å². The van der Waals surface area contributed by atoms with Crippen LogP contribution >= 0.6 is 23.8 Å². The molecule has 0 saturated heterocycles. The Labute approximate surface area is 153 Å². The third-order valence-electron chi connectivity index (χ3n) is 3.64. The summed E-state index contributed by atoms with van der Waals surface area (Å²) in [4.78, 5) is 0. The monoisotopic (exact) mass is 364 g/mol. The Morgan fingerprint density at radius 3 is 2.38 bits per heavy atom. The van der Waals surface area contributed by atoms with Gasteiger partial charge in [-0.2, -0.15) is 0 Å². The van der Waals surface area contributed by atoms with Crippen molar-refractivity contribution in [3.63, 3.8) is 0 Å². The molecule has 0 aliphatic rings. The molecule has 2 aromatic rings. The summed E-state index contributed by atoms with van der Waals surface area (Å²) in [6, 6.07) is 13.8. The minimum absolute atomic E-state index is 0.131. The molecular weight excluding hydrogens is 344 g/mol. The molecule has 0 amide bonds. The number of ether oxygens (including phenoxy) is 2. The number of hydrogen-bond donors (Lipinski definition) is 2. The average molecular weight is 365 g/mol. The first-order valence-electron chi connectivity index (χ1n) is 7.63. The zero-order valence-corrected chi connectivity index (χ0v) is 15.5. The molecule has 0 radical (unpaired) electrons. The van der Waals surface area contributed by atoms with Crippen LogP contribution in [0.5, 0.6) is 11.5 Å². The lowest BCUT2D eigenvalue weighted by atomic mass is 10.1. The van der Waals surface area contributed by atoms with E-state index in [1.54, 1.807) is 26.4 Å². The van der Waals surface area contributed by atoms with Crippen LogP contribution in [-0.2, 0) is 0 Å². The molecule has 128 valence electrons. The van der Waals surface area contributed by atoms with E-state index in [0.29, 0.717) is 27.3 Å². The molecule has 2 rings (SSSR count). The predicted molar refractivity (Wildman–Crippen MR) is 103 cm³/mol. The standard InChI is InChI=1S/C18H21ClN2O2S/c1-4-14(12-8-6-5-7-9-12)20-18(24)21-15-11-16(22-2)13(19)10-17(15)23-3/h5-11,14H,4H2,1-3H3,(H2,20,21,24). The van der Waals surface area contributed by atoms with Crippen LogP contribution in [0.2, 0.25) is 5.02 Å². The highest BCUT2D eigenvalue weighted by molar-refractivity contribution is 7.80. The Balaban J connectivity index is 2.14. The molecular formula is C18H21ClN2O2S. The molecule has 6 heteroatoms. The van der Waals surface area contributed by atoms with E-state index in [4.69, 9.17) is 33.3 Å². The maximum absolute atomic E-state index is 6.12. The van der Waals surface area contributed by atoms with E-state index < -0.39 is 0 Å². The fourth-order valence-electron chi connectivity index (χ4n) is 2.38. The van der Waals surface area contributed by atoms with Gasteiger partial charge >= 0.3 is 0 Å². The normalized spacial score (nSPS) is 11.5. The molecule has 0 aliphatic heterocycles. The van der Waals surface area contributed by atoms with Gasteiger partial charge in [0.1, 0.15) is 11.5 Å². The van der Waals surface area contributed by atoms with Gasteiger partial charge in [0.05, 0.1) is 31.0 Å². The van der Waals surface area contributed by atoms with E-state index in [1.807, 2.05) is 18.2 Å². The van der Waals surface area contributed by atoms with Crippen molar-refractivity contribution in [3.8, 4) is 11.5 Å². The highest BCUT2D eigenvalue weighted by Gasteiger charge is 2.14. The third kappa shape index (κ3) is 4.52. The average Bonchev–Trinajstić information content (AvgIpc) is 2.61. The van der Waals surface area contributed by atoms with Crippen molar-refractivity contribution in [2.75, 3.05) is 19.5 Å². The summed E-state index contributed by atoms with van der Waals surface area (Å²) in [5.41, 5.74) is 1.88. The Morgan fingerprint density at radius 2 is 1.79 bits per heavy atom. The Morgan fingerprint density at radius 1 is 1.12 bits per heavy atom. The number of methoxy groups -OCH3 is 2. The van der Waals surface area contributed by atoms with E-state index in [1.165, 1.54) is 5.56 Å². The predicted octanol–water partition coefficient (Wildman–Crippen LogP) is 4.79. The zero-order valence-electron chi connectivity index (χ0n) is 13.9. The van der Waals surface area contributed by atoms with Crippen molar-refractivity contribution >= 4 is 34.6 Å². The minimum atomic E-state index is 0.131. The maximum atomic E-state index is 6.12. The lowest BCUT2D eigenvalue weighted by Gasteiger charge is -2.21. The summed E-state index contributed by atoms with van der Waals surface area (Å²) in [5, 5.41) is 7.47. The maximum Gasteiger partial charge on any atom is 0.171 e. The quantitative estimate of drug-likeness (QED) is 0.721. The molecule has 1 atom stereocenters. The smallest absolute Gasteiger partial charge is 0.171 e. The van der Waals surface area contributed by atoms with Gasteiger partial charge in [-0.25, -0.2) is 0 Å². The summed E-state index contributed by atoms with van der Waals surface area (Å²) in [5.74, 6) is 1.15. The summed E-state index contributed by atoms with van der Waals surface area (Å²) < 4.78 is 10.6. The summed E-state index contributed by atoms with van der Waals surface area (Å²) in [6.07, 6.45) is 0.910. The van der Waals surface area contributed by atoms with Crippen molar-refractivity contribution in [2.45, 2.75) is 19.4 Å². The molecule has 1 unspecified atom stereocenters. The third-order valence-corrected chi connectivity index (χ3v) is 4.15. The number of nitrogens with one attached hydrogen (secondary N) is 2. The lowest BCUT2D eigenvalue weighted by Crippen LogP contribution is -2.32. The molecule has 0 bridgehead atoms. The Bertz CT molecular complexity index is 695. The summed E-state index contributed by atoms with van der Waals surface area (Å²) in [7, 11) is 3.15. The molecule has 2 N–H and O–H groups in total. The van der Waals surface area contributed by atoms with Crippen LogP contribution < -0.4 is 20.1 Å². The van der Waals surface area contributed by atoms with Crippen LogP contribution in [0.1, 0.15) is 24.9 Å². The van der Waals surface area contributed by atoms with Crippen LogP contribution in [0.25, 0.3) is 0 Å². The van der Waals surface area contributed by atoms with Gasteiger partial charge in [-0.3, -0.25) is 0 Å². The van der Waals surface area contributed by atoms with E-state index in [2.05, 4.69) is 29.7 Å². The molecule has 2 aromatic carbocycles. The van der Waals surface area contributed by atoms with Crippen LogP contribution in [0.15, 0.2) is 42.5 Å². The number of benzene rings is 2. The second-order valence-electron chi connectivity index (χ2n) is 5.16. The van der Waals surface area contributed by atoms with Gasteiger partial charge in [0.25, 0.3) is 0 Å². The van der Waals surface area contributed by atoms with Gasteiger partial charge in [-0.15, -0.1) is 0 Å². The Hall–Kier alpha value is -1.98. The number of hydrogen-bond acceptors (Lipinski definition) is 3. The molecule has 0 saturated carbocycles. The van der Waals surface area contributed by atoms with Gasteiger partial charge in [-0.1, -0.05) is 48.9 Å². The molecule has 24 heavy (non-hydrogen) atoms. The van der Waals surface area contributed by atoms with Crippen molar-refractivity contribution in [1.29, 1.82) is 0 Å². The fourth-order valence-corrected chi connectivity index (χ4v) is 2.86. The van der Waals surface area contributed by atoms with E-state index >= 15 is 0 Å². The van der Waals surface area contributed by atoms with Crippen LogP contribution in [0, 0.1) is 0 Å². The second kappa shape index (κ2) is 8.76. The number of anilines is 1. The van der Waals surface area contributed by atoms with Gasteiger partial charge in [0.2, 0.25) is 0 Å². The first-order valence-corrected chi connectivity index (χ1v) is 8.41. The first kappa shape index (κ1) is 18.4. The van der Waals surface area contributed by atoms with Crippen molar-refractivity contribution < 1.29 is 9.47 Å². The highest BCUT2D eigenvalue weighted by Crippen LogP contribution is 2.35. The van der Waals surface area contributed by atoms with E-state index in [-0.39, 0.29) is 6.04 Å². The largest absolute Gasteiger partial charge is 0.495 e. The molecule has 0 heterocycles. The zero-order chi connectivity index (χ0) is 17.5. The van der Waals surface area contributed by atoms with Crippen LogP contribution in [0.4, 0.5) is 5.69 Å². The summed E-state index contributed by atoms with van der Waals surface area (Å²) in [6.45, 7) is 2.11. The van der Waals surface area contributed by atoms with Gasteiger partial charge < -0.3 is 20.1 Å². The summed E-state index contributed by atoms with van der Waals surface area (Å²) >= 11 is 11.6. The molecule has 0 fully saturated rings. The van der Waals surface area contributed by atoms with Gasteiger partial charge in [-0.05, 0) is 24.2 Å². The van der Waals surface area contributed by atoms with E-state index in [0.717, 1.165) is 6.42 Å². The van der Waals surface area contributed by atoms with Crippen LogP contribution in [0.3, 0.4) is 0 Å². The van der Waals surface area contributed by atoms with Gasteiger partial charge in [0.15, 0.2) is 5.11 Å². The highest BCUT2D eigenvalue weighted by atomic mass is 35.5. The number of thiocarbonyl (C=S) groups is 1. The van der Waals surface area contributed by atoms with Crippen LogP contribution in [-0.4, -0.2) is 19.3 Å². The minimum Gasteiger partial charge on any atom is -0.495 e. The van der Waals surface area contributed by atoms with Crippen molar-refractivity contribution in [3.05, 3.63) is 53.1 Å². The SMILES string of the molecule is CCC(NC(=S)Nc1cc(OC)c(Cl)cc1OC)c1ccccc1. The van der Waals surface area contributed by atoms with Crippen molar-refractivity contribution in [2.24, 2.45) is 0 Å². The topological polar surface area (TPSA) is 42.5 Å². The molecule has 0 spiro atoms. The molecule has 0 aliphatic carbocycles. The van der Waals surface area contributed by atoms with Crippen molar-refractivity contribution in [1.82, 2.24) is 5.32 Å². The van der Waals surface area contributed by atoms with Gasteiger partial charge in [0, 0.05) is 12.1 Å². The fraction of sp³-hybridized carbons (Fsp3) is 0.278. The first-order chi connectivity index (χ1) is 11.6. The molecule has 0 aromatic heterocycles. The number of rotatable bonds is 6. The number of halogens is 1.